The fourth-order valence-electron chi connectivity index (χ4n) is 4.38. The van der Waals surface area contributed by atoms with Crippen molar-refractivity contribution in [1.29, 1.82) is 0 Å². The second-order valence-electron chi connectivity index (χ2n) is 7.58. The van der Waals surface area contributed by atoms with Crippen LogP contribution in [0.1, 0.15) is 64.2 Å². The Morgan fingerprint density at radius 2 is 1.72 bits per heavy atom. The van der Waals surface area contributed by atoms with E-state index >= 15 is 0 Å². The Balaban J connectivity index is 1.41. The minimum absolute atomic E-state index is 0.176. The van der Waals surface area contributed by atoms with Gasteiger partial charge in [0.05, 0.1) is 24.5 Å². The standard InChI is InChI=1S/C18H32N2O4S/c21-18(20-13-14-24-17-9-3-2-8-16(17)20)10-4-7-15-25(22,23)19-11-5-1-6-12-19/h16-17H,1-15H2. The Morgan fingerprint density at radius 1 is 0.960 bits per heavy atom. The van der Waals surface area contributed by atoms with Crippen LogP contribution in [-0.2, 0) is 19.6 Å². The molecule has 144 valence electrons. The van der Waals surface area contributed by atoms with E-state index in [-0.39, 0.29) is 23.8 Å². The predicted molar refractivity (Wildman–Crippen MR) is 96.8 cm³/mol. The van der Waals surface area contributed by atoms with Gasteiger partial charge in [0.2, 0.25) is 15.9 Å². The van der Waals surface area contributed by atoms with E-state index < -0.39 is 10.0 Å². The van der Waals surface area contributed by atoms with Gasteiger partial charge in [-0.3, -0.25) is 4.79 Å². The van der Waals surface area contributed by atoms with E-state index in [4.69, 9.17) is 4.74 Å². The molecule has 0 aromatic heterocycles. The molecule has 1 saturated carbocycles. The van der Waals surface area contributed by atoms with Crippen molar-refractivity contribution in [3.8, 4) is 0 Å². The molecule has 0 N–H and O–H groups in total. The van der Waals surface area contributed by atoms with Crippen LogP contribution in [0.5, 0.6) is 0 Å². The van der Waals surface area contributed by atoms with Gasteiger partial charge in [-0.15, -0.1) is 0 Å². The molecule has 3 aliphatic rings. The first-order valence-electron chi connectivity index (χ1n) is 9.97. The Morgan fingerprint density at radius 3 is 2.52 bits per heavy atom. The summed E-state index contributed by atoms with van der Waals surface area (Å²) >= 11 is 0. The molecule has 6 nitrogen and oxygen atoms in total. The highest BCUT2D eigenvalue weighted by Gasteiger charge is 2.36. The molecule has 0 radical (unpaired) electrons. The zero-order valence-corrected chi connectivity index (χ0v) is 16.0. The van der Waals surface area contributed by atoms with Gasteiger partial charge < -0.3 is 9.64 Å². The van der Waals surface area contributed by atoms with Crippen LogP contribution in [0.2, 0.25) is 0 Å². The second kappa shape index (κ2) is 8.82. The van der Waals surface area contributed by atoms with E-state index in [0.717, 1.165) is 32.1 Å². The fourth-order valence-corrected chi connectivity index (χ4v) is 6.02. The summed E-state index contributed by atoms with van der Waals surface area (Å²) < 4.78 is 32.1. The third kappa shape index (κ3) is 4.95. The molecule has 1 amide bonds. The summed E-state index contributed by atoms with van der Waals surface area (Å²) in [6.45, 7) is 2.65. The van der Waals surface area contributed by atoms with Crippen molar-refractivity contribution in [2.75, 3.05) is 32.0 Å². The summed E-state index contributed by atoms with van der Waals surface area (Å²) in [5, 5.41) is 0. The molecule has 0 bridgehead atoms. The van der Waals surface area contributed by atoms with Gasteiger partial charge in [-0.1, -0.05) is 19.3 Å². The molecule has 3 fully saturated rings. The van der Waals surface area contributed by atoms with Gasteiger partial charge in [-0.05, 0) is 38.5 Å². The lowest BCUT2D eigenvalue weighted by Gasteiger charge is -2.43. The lowest BCUT2D eigenvalue weighted by Crippen LogP contribution is -2.54. The van der Waals surface area contributed by atoms with Gasteiger partial charge >= 0.3 is 0 Å². The number of carbonyl (C=O) groups excluding carboxylic acids is 1. The van der Waals surface area contributed by atoms with Crippen molar-refractivity contribution >= 4 is 15.9 Å². The van der Waals surface area contributed by atoms with E-state index in [0.29, 0.717) is 45.5 Å². The number of hydrogen-bond donors (Lipinski definition) is 0. The van der Waals surface area contributed by atoms with Crippen LogP contribution in [0.3, 0.4) is 0 Å². The smallest absolute Gasteiger partial charge is 0.222 e. The number of unbranched alkanes of at least 4 members (excludes halogenated alkanes) is 1. The summed E-state index contributed by atoms with van der Waals surface area (Å²) in [7, 11) is -3.14. The number of nitrogens with zero attached hydrogens (tertiary/aromatic N) is 2. The van der Waals surface area contributed by atoms with Crippen LogP contribution >= 0.6 is 0 Å². The molecule has 7 heteroatoms. The van der Waals surface area contributed by atoms with E-state index in [9.17, 15) is 13.2 Å². The highest BCUT2D eigenvalue weighted by Crippen LogP contribution is 2.29. The summed E-state index contributed by atoms with van der Waals surface area (Å²) in [5.41, 5.74) is 0. The quantitative estimate of drug-likeness (QED) is 0.670. The molecule has 2 atom stereocenters. The Bertz CT molecular complexity index is 543. The van der Waals surface area contributed by atoms with E-state index in [1.807, 2.05) is 4.90 Å². The monoisotopic (exact) mass is 372 g/mol. The maximum absolute atomic E-state index is 12.6. The van der Waals surface area contributed by atoms with Crippen molar-refractivity contribution in [2.24, 2.45) is 0 Å². The molecule has 2 heterocycles. The Hall–Kier alpha value is -0.660. The maximum Gasteiger partial charge on any atom is 0.222 e. The van der Waals surface area contributed by atoms with Gasteiger partial charge in [0.15, 0.2) is 0 Å². The number of fused-ring (bicyclic) bond motifs is 1. The minimum Gasteiger partial charge on any atom is -0.374 e. The fraction of sp³-hybridized carbons (Fsp3) is 0.944. The van der Waals surface area contributed by atoms with Crippen molar-refractivity contribution in [3.05, 3.63) is 0 Å². The van der Waals surface area contributed by atoms with E-state index in [1.165, 1.54) is 12.8 Å². The van der Waals surface area contributed by atoms with Gasteiger partial charge in [0, 0.05) is 26.1 Å². The molecule has 0 aromatic carbocycles. The largest absolute Gasteiger partial charge is 0.374 e. The zero-order chi connectivity index (χ0) is 17.7. The van der Waals surface area contributed by atoms with Crippen LogP contribution in [0.25, 0.3) is 0 Å². The molecule has 2 unspecified atom stereocenters. The Labute approximate surface area is 151 Å². The number of morpholine rings is 1. The van der Waals surface area contributed by atoms with Gasteiger partial charge in [0.1, 0.15) is 0 Å². The Kier molecular flexibility index (Phi) is 6.74. The van der Waals surface area contributed by atoms with Crippen LogP contribution in [-0.4, -0.2) is 67.7 Å². The van der Waals surface area contributed by atoms with E-state index in [2.05, 4.69) is 0 Å². The third-order valence-corrected chi connectivity index (χ3v) is 7.76. The lowest BCUT2D eigenvalue weighted by atomic mass is 9.90. The summed E-state index contributed by atoms with van der Waals surface area (Å²) in [6, 6.07) is 0.243. The number of sulfonamides is 1. The number of piperidine rings is 1. The number of rotatable bonds is 6. The normalized spacial score (nSPS) is 28.6. The van der Waals surface area contributed by atoms with Crippen LogP contribution < -0.4 is 0 Å². The molecule has 25 heavy (non-hydrogen) atoms. The molecule has 0 aromatic rings. The number of ether oxygens (including phenoxy) is 1. The maximum atomic E-state index is 12.6. The molecular formula is C18H32N2O4S. The average molecular weight is 373 g/mol. The van der Waals surface area contributed by atoms with Gasteiger partial charge in [0.25, 0.3) is 0 Å². The van der Waals surface area contributed by atoms with Crippen molar-refractivity contribution < 1.29 is 17.9 Å². The minimum atomic E-state index is -3.14. The highest BCUT2D eigenvalue weighted by molar-refractivity contribution is 7.89. The zero-order valence-electron chi connectivity index (χ0n) is 15.2. The van der Waals surface area contributed by atoms with Crippen LogP contribution in [0, 0.1) is 0 Å². The SMILES string of the molecule is O=C(CCCCS(=O)(=O)N1CCCCC1)N1CCOC2CCCCC21. The van der Waals surface area contributed by atoms with Crippen molar-refractivity contribution in [3.63, 3.8) is 0 Å². The van der Waals surface area contributed by atoms with Crippen LogP contribution in [0.4, 0.5) is 0 Å². The second-order valence-corrected chi connectivity index (χ2v) is 9.67. The topological polar surface area (TPSA) is 66.9 Å². The third-order valence-electron chi connectivity index (χ3n) is 5.80. The van der Waals surface area contributed by atoms with Gasteiger partial charge in [-0.25, -0.2) is 12.7 Å². The molecule has 1 aliphatic carbocycles. The summed E-state index contributed by atoms with van der Waals surface area (Å²) in [4.78, 5) is 14.6. The summed E-state index contributed by atoms with van der Waals surface area (Å²) in [5.74, 6) is 0.352. The lowest BCUT2D eigenvalue weighted by molar-refractivity contribution is -0.149. The highest BCUT2D eigenvalue weighted by atomic mass is 32.2. The first kappa shape index (κ1) is 19.1. The number of amides is 1. The molecule has 3 rings (SSSR count). The van der Waals surface area contributed by atoms with Crippen molar-refractivity contribution in [2.45, 2.75) is 76.4 Å². The van der Waals surface area contributed by atoms with Gasteiger partial charge in [-0.2, -0.15) is 0 Å². The first-order valence-corrected chi connectivity index (χ1v) is 11.6. The molecule has 2 aliphatic heterocycles. The van der Waals surface area contributed by atoms with Crippen molar-refractivity contribution in [1.82, 2.24) is 9.21 Å². The molecule has 0 spiro atoms. The molecular weight excluding hydrogens is 340 g/mol. The average Bonchev–Trinajstić information content (AvgIpc) is 2.65. The van der Waals surface area contributed by atoms with Crippen LogP contribution in [0.15, 0.2) is 0 Å². The summed E-state index contributed by atoms with van der Waals surface area (Å²) in [6.07, 6.45) is 9.42. The molecule has 2 saturated heterocycles. The predicted octanol–water partition coefficient (Wildman–Crippen LogP) is 2.14. The van der Waals surface area contributed by atoms with E-state index in [1.54, 1.807) is 4.31 Å². The number of hydrogen-bond acceptors (Lipinski definition) is 4. The number of carbonyl (C=O) groups is 1. The first-order chi connectivity index (χ1) is 12.1.